The Kier molecular flexibility index (Phi) is 3.99. The van der Waals surface area contributed by atoms with Crippen LogP contribution in [0, 0.1) is 0 Å². The van der Waals surface area contributed by atoms with Gasteiger partial charge in [0.2, 0.25) is 0 Å². The van der Waals surface area contributed by atoms with Gasteiger partial charge in [0.1, 0.15) is 11.3 Å². The lowest BCUT2D eigenvalue weighted by Crippen LogP contribution is -2.22. The molecule has 0 aliphatic carbocycles. The zero-order valence-electron chi connectivity index (χ0n) is 11.3. The molecule has 0 atom stereocenters. The summed E-state index contributed by atoms with van der Waals surface area (Å²) in [5.41, 5.74) is 0.452. The number of furan rings is 1. The molecule has 0 unspecified atom stereocenters. The normalized spacial score (nSPS) is 11.8. The fourth-order valence-corrected chi connectivity index (χ4v) is 2.39. The summed E-state index contributed by atoms with van der Waals surface area (Å²) in [5.74, 6) is 0.600. The Labute approximate surface area is 121 Å². The highest BCUT2D eigenvalue weighted by Crippen LogP contribution is 2.33. The molecule has 0 saturated carbocycles. The molecule has 1 aromatic carbocycles. The third-order valence-corrected chi connectivity index (χ3v) is 3.53. The molecule has 1 aromatic heterocycles. The fourth-order valence-electron chi connectivity index (χ4n) is 2.01. The summed E-state index contributed by atoms with van der Waals surface area (Å²) in [6.07, 6.45) is 0.307. The molecule has 4 heteroatoms. The van der Waals surface area contributed by atoms with Crippen molar-refractivity contribution in [2.75, 3.05) is 6.61 Å². The molecular weight excluding hydrogens is 308 g/mol. The summed E-state index contributed by atoms with van der Waals surface area (Å²) in [6, 6.07) is 7.85. The van der Waals surface area contributed by atoms with Gasteiger partial charge in [0.15, 0.2) is 0 Å². The van der Waals surface area contributed by atoms with Crippen LogP contribution in [0.4, 0.5) is 0 Å². The van der Waals surface area contributed by atoms with E-state index >= 15 is 0 Å². The third-order valence-electron chi connectivity index (χ3n) is 3.04. The van der Waals surface area contributed by atoms with Crippen LogP contribution in [0.15, 0.2) is 33.2 Å². The number of hydrogen-bond acceptors (Lipinski definition) is 3. The molecule has 2 aromatic rings. The van der Waals surface area contributed by atoms with Crippen molar-refractivity contribution in [3.05, 3.63) is 34.5 Å². The van der Waals surface area contributed by atoms with Crippen LogP contribution in [0.25, 0.3) is 11.0 Å². The van der Waals surface area contributed by atoms with E-state index < -0.39 is 0 Å². The van der Waals surface area contributed by atoms with Crippen molar-refractivity contribution >= 4 is 32.9 Å². The smallest absolute Gasteiger partial charge is 0.306 e. The highest BCUT2D eigenvalue weighted by Gasteiger charge is 2.28. The molecule has 0 spiro atoms. The Morgan fingerprint density at radius 2 is 2.11 bits per heavy atom. The first-order valence-electron chi connectivity index (χ1n) is 6.27. The average Bonchev–Trinajstić information content (AvgIpc) is 2.72. The molecular formula is C15H17BrO3. The predicted octanol–water partition coefficient (Wildman–Crippen LogP) is 4.43. The maximum Gasteiger partial charge on any atom is 0.306 e. The second-order valence-electron chi connectivity index (χ2n) is 5.16. The van der Waals surface area contributed by atoms with Crippen molar-refractivity contribution in [1.29, 1.82) is 0 Å². The SMILES string of the molecule is CCOC(=O)CC(C)(C)c1cc2cc(Br)ccc2o1. The minimum Gasteiger partial charge on any atom is -0.466 e. The van der Waals surface area contributed by atoms with E-state index in [-0.39, 0.29) is 11.4 Å². The molecule has 0 bridgehead atoms. The largest absolute Gasteiger partial charge is 0.466 e. The summed E-state index contributed by atoms with van der Waals surface area (Å²) in [7, 11) is 0. The standard InChI is InChI=1S/C15H17BrO3/c1-4-18-14(17)9-15(2,3)13-8-10-7-11(16)5-6-12(10)19-13/h5-8H,4,9H2,1-3H3. The van der Waals surface area contributed by atoms with Crippen molar-refractivity contribution in [2.24, 2.45) is 0 Å². The second kappa shape index (κ2) is 5.37. The van der Waals surface area contributed by atoms with Crippen molar-refractivity contribution in [3.8, 4) is 0 Å². The van der Waals surface area contributed by atoms with E-state index in [1.165, 1.54) is 0 Å². The lowest BCUT2D eigenvalue weighted by Gasteiger charge is -2.20. The Morgan fingerprint density at radius 1 is 1.37 bits per heavy atom. The van der Waals surface area contributed by atoms with Crippen LogP contribution in [-0.4, -0.2) is 12.6 Å². The fraction of sp³-hybridized carbons (Fsp3) is 0.400. The molecule has 2 rings (SSSR count). The third kappa shape index (κ3) is 3.18. The summed E-state index contributed by atoms with van der Waals surface area (Å²) < 4.78 is 11.9. The number of halogens is 1. The van der Waals surface area contributed by atoms with Crippen LogP contribution in [0.3, 0.4) is 0 Å². The first-order valence-corrected chi connectivity index (χ1v) is 7.07. The van der Waals surface area contributed by atoms with Crippen molar-refractivity contribution < 1.29 is 13.9 Å². The molecule has 0 aliphatic heterocycles. The molecule has 1 heterocycles. The predicted molar refractivity (Wildman–Crippen MR) is 78.2 cm³/mol. The maximum absolute atomic E-state index is 11.6. The van der Waals surface area contributed by atoms with Gasteiger partial charge in [-0.3, -0.25) is 4.79 Å². The monoisotopic (exact) mass is 324 g/mol. The topological polar surface area (TPSA) is 39.4 Å². The number of benzene rings is 1. The highest BCUT2D eigenvalue weighted by atomic mass is 79.9. The van der Waals surface area contributed by atoms with E-state index in [1.54, 1.807) is 0 Å². The van der Waals surface area contributed by atoms with E-state index in [4.69, 9.17) is 9.15 Å². The van der Waals surface area contributed by atoms with Crippen LogP contribution in [0.2, 0.25) is 0 Å². The van der Waals surface area contributed by atoms with Crippen molar-refractivity contribution in [1.82, 2.24) is 0 Å². The van der Waals surface area contributed by atoms with Gasteiger partial charge in [-0.2, -0.15) is 0 Å². The van der Waals surface area contributed by atoms with Crippen LogP contribution in [-0.2, 0) is 14.9 Å². The molecule has 0 aliphatic rings. The molecule has 102 valence electrons. The zero-order valence-corrected chi connectivity index (χ0v) is 12.9. The molecule has 0 fully saturated rings. The zero-order chi connectivity index (χ0) is 14.0. The van der Waals surface area contributed by atoms with E-state index in [0.29, 0.717) is 13.0 Å². The second-order valence-corrected chi connectivity index (χ2v) is 6.07. The van der Waals surface area contributed by atoms with Gasteiger partial charge in [-0.05, 0) is 31.2 Å². The average molecular weight is 325 g/mol. The number of carbonyl (C=O) groups excluding carboxylic acids is 1. The van der Waals surface area contributed by atoms with Gasteiger partial charge in [0, 0.05) is 15.3 Å². The molecule has 19 heavy (non-hydrogen) atoms. The lowest BCUT2D eigenvalue weighted by atomic mass is 9.86. The van der Waals surface area contributed by atoms with Gasteiger partial charge < -0.3 is 9.15 Å². The van der Waals surface area contributed by atoms with Crippen molar-refractivity contribution in [3.63, 3.8) is 0 Å². The molecule has 0 N–H and O–H groups in total. The van der Waals surface area contributed by atoms with Gasteiger partial charge in [0.05, 0.1) is 13.0 Å². The number of hydrogen-bond donors (Lipinski definition) is 0. The number of ether oxygens (including phenoxy) is 1. The summed E-state index contributed by atoms with van der Waals surface area (Å²) >= 11 is 3.44. The lowest BCUT2D eigenvalue weighted by molar-refractivity contribution is -0.144. The van der Waals surface area contributed by atoms with E-state index in [9.17, 15) is 4.79 Å². The van der Waals surface area contributed by atoms with Gasteiger partial charge >= 0.3 is 5.97 Å². The number of esters is 1. The number of rotatable bonds is 4. The van der Waals surface area contributed by atoms with Gasteiger partial charge in [-0.25, -0.2) is 0 Å². The Bertz CT molecular complexity index is 598. The first-order chi connectivity index (χ1) is 8.92. The molecule has 3 nitrogen and oxygen atoms in total. The quantitative estimate of drug-likeness (QED) is 0.781. The van der Waals surface area contributed by atoms with Gasteiger partial charge in [0.25, 0.3) is 0 Å². The molecule has 0 amide bonds. The van der Waals surface area contributed by atoms with Gasteiger partial charge in [-0.1, -0.05) is 29.8 Å². The van der Waals surface area contributed by atoms with E-state index in [2.05, 4.69) is 15.9 Å². The number of carbonyl (C=O) groups is 1. The summed E-state index contributed by atoms with van der Waals surface area (Å²) in [4.78, 5) is 11.6. The van der Waals surface area contributed by atoms with Crippen LogP contribution in [0.1, 0.15) is 33.0 Å². The maximum atomic E-state index is 11.6. The van der Waals surface area contributed by atoms with E-state index in [0.717, 1.165) is 21.2 Å². The minimum absolute atomic E-state index is 0.200. The highest BCUT2D eigenvalue weighted by molar-refractivity contribution is 9.10. The number of fused-ring (bicyclic) bond motifs is 1. The Hall–Kier alpha value is -1.29. The van der Waals surface area contributed by atoms with Gasteiger partial charge in [-0.15, -0.1) is 0 Å². The first kappa shape index (κ1) is 14.1. The van der Waals surface area contributed by atoms with Crippen LogP contribution in [0.5, 0.6) is 0 Å². The molecule has 0 radical (unpaired) electrons. The van der Waals surface area contributed by atoms with Crippen molar-refractivity contribution in [2.45, 2.75) is 32.6 Å². The Balaban J connectivity index is 2.29. The minimum atomic E-state index is -0.377. The van der Waals surface area contributed by atoms with E-state index in [1.807, 2.05) is 45.0 Å². The Morgan fingerprint density at radius 3 is 2.79 bits per heavy atom. The summed E-state index contributed by atoms with van der Waals surface area (Å²) in [6.45, 7) is 6.18. The van der Waals surface area contributed by atoms with Crippen LogP contribution < -0.4 is 0 Å². The van der Waals surface area contributed by atoms with Crippen LogP contribution >= 0.6 is 15.9 Å². The summed E-state index contributed by atoms with van der Waals surface area (Å²) in [5, 5.41) is 1.03. The molecule has 0 saturated heterocycles.